The Labute approximate surface area is 122 Å². The van der Waals surface area contributed by atoms with Gasteiger partial charge in [-0.3, -0.25) is 0 Å². The van der Waals surface area contributed by atoms with Crippen LogP contribution in [0.1, 0.15) is 12.0 Å². The van der Waals surface area contributed by atoms with Crippen LogP contribution in [0, 0.1) is 0 Å². The molecule has 6 heteroatoms. The Morgan fingerprint density at radius 1 is 1.32 bits per heavy atom. The molecule has 1 N–H and O–H groups in total. The van der Waals surface area contributed by atoms with Gasteiger partial charge in [0.25, 0.3) is 0 Å². The van der Waals surface area contributed by atoms with Gasteiger partial charge in [-0.2, -0.15) is 0 Å². The number of hydrogen-bond donors (Lipinski definition) is 1. The molecule has 0 saturated carbocycles. The number of nitrogens with one attached hydrogen (secondary N) is 1. The van der Waals surface area contributed by atoms with Gasteiger partial charge in [-0.05, 0) is 25.1 Å². The van der Waals surface area contributed by atoms with Crippen molar-refractivity contribution in [3.63, 3.8) is 0 Å². The zero-order valence-corrected chi connectivity index (χ0v) is 12.0. The van der Waals surface area contributed by atoms with Gasteiger partial charge in [-0.25, -0.2) is 4.79 Å². The van der Waals surface area contributed by atoms with Gasteiger partial charge in [0.05, 0.1) is 0 Å². The molecule has 1 aliphatic rings. The highest BCUT2D eigenvalue weighted by atomic mass is 35.5. The van der Waals surface area contributed by atoms with Gasteiger partial charge < -0.3 is 15.0 Å². The van der Waals surface area contributed by atoms with Crippen LogP contribution in [0.25, 0.3) is 0 Å². The number of rotatable bonds is 2. The highest BCUT2D eigenvalue weighted by Gasteiger charge is 2.16. The summed E-state index contributed by atoms with van der Waals surface area (Å²) in [5.41, 5.74) is 0.757. The normalized spacial score (nSPS) is 16.0. The minimum absolute atomic E-state index is 0.165. The van der Waals surface area contributed by atoms with E-state index in [1.165, 1.54) is 0 Å². The highest BCUT2D eigenvalue weighted by molar-refractivity contribution is 6.35. The van der Waals surface area contributed by atoms with Crippen LogP contribution < -0.4 is 5.32 Å². The highest BCUT2D eigenvalue weighted by Crippen LogP contribution is 2.21. The predicted molar refractivity (Wildman–Crippen MR) is 75.7 cm³/mol. The largest absolute Gasteiger partial charge is 0.444 e. The van der Waals surface area contributed by atoms with Crippen LogP contribution in [-0.2, 0) is 11.3 Å². The Morgan fingerprint density at radius 3 is 2.95 bits per heavy atom. The fourth-order valence-corrected chi connectivity index (χ4v) is 2.36. The van der Waals surface area contributed by atoms with E-state index in [2.05, 4.69) is 5.32 Å². The fourth-order valence-electron chi connectivity index (χ4n) is 1.90. The molecule has 1 amide bonds. The molecule has 1 heterocycles. The number of nitrogens with zero attached hydrogens (tertiary/aromatic N) is 1. The van der Waals surface area contributed by atoms with E-state index >= 15 is 0 Å². The standard InChI is InChI=1S/C13H16Cl2N2O2/c14-11-3-2-10(12(15)8-11)9-19-13(18)17-6-1-4-16-5-7-17/h2-3,8,16H,1,4-7,9H2. The maximum atomic E-state index is 11.9. The Kier molecular flexibility index (Phi) is 5.31. The van der Waals surface area contributed by atoms with Gasteiger partial charge in [0.15, 0.2) is 0 Å². The summed E-state index contributed by atoms with van der Waals surface area (Å²) in [6, 6.07) is 5.14. The molecule has 4 nitrogen and oxygen atoms in total. The van der Waals surface area contributed by atoms with Crippen LogP contribution >= 0.6 is 23.2 Å². The van der Waals surface area contributed by atoms with Crippen molar-refractivity contribution in [3.8, 4) is 0 Å². The zero-order valence-electron chi connectivity index (χ0n) is 10.5. The third-order valence-electron chi connectivity index (χ3n) is 2.96. The topological polar surface area (TPSA) is 41.6 Å². The quantitative estimate of drug-likeness (QED) is 0.913. The van der Waals surface area contributed by atoms with Gasteiger partial charge in [0, 0.05) is 35.2 Å². The van der Waals surface area contributed by atoms with E-state index in [1.807, 2.05) is 0 Å². The molecule has 1 aromatic carbocycles. The molecule has 1 aliphatic heterocycles. The third kappa shape index (κ3) is 4.27. The van der Waals surface area contributed by atoms with Crippen molar-refractivity contribution < 1.29 is 9.53 Å². The van der Waals surface area contributed by atoms with E-state index < -0.39 is 0 Å². The molecule has 1 fully saturated rings. The molecule has 0 unspecified atom stereocenters. The summed E-state index contributed by atoms with van der Waals surface area (Å²) in [5.74, 6) is 0. The molecule has 1 aromatic rings. The summed E-state index contributed by atoms with van der Waals surface area (Å²) < 4.78 is 5.28. The smallest absolute Gasteiger partial charge is 0.410 e. The van der Waals surface area contributed by atoms with Crippen molar-refractivity contribution >= 4 is 29.3 Å². The summed E-state index contributed by atoms with van der Waals surface area (Å²) in [5, 5.41) is 4.32. The first-order valence-corrected chi connectivity index (χ1v) is 6.99. The van der Waals surface area contributed by atoms with Gasteiger partial charge in [-0.1, -0.05) is 29.3 Å². The van der Waals surface area contributed by atoms with E-state index in [4.69, 9.17) is 27.9 Å². The Morgan fingerprint density at radius 2 is 2.16 bits per heavy atom. The number of halogens is 2. The number of ether oxygens (including phenoxy) is 1. The number of benzene rings is 1. The maximum absolute atomic E-state index is 11.9. The lowest BCUT2D eigenvalue weighted by Gasteiger charge is -2.19. The second kappa shape index (κ2) is 6.98. The molecular formula is C13H16Cl2N2O2. The molecule has 0 aliphatic carbocycles. The molecule has 0 atom stereocenters. The lowest BCUT2D eigenvalue weighted by molar-refractivity contribution is 0.0985. The average Bonchev–Trinajstić information content (AvgIpc) is 2.66. The molecule has 0 radical (unpaired) electrons. The van der Waals surface area contributed by atoms with Crippen LogP contribution in [0.15, 0.2) is 18.2 Å². The van der Waals surface area contributed by atoms with E-state index in [9.17, 15) is 4.79 Å². The molecule has 104 valence electrons. The van der Waals surface area contributed by atoms with Gasteiger partial charge in [0.2, 0.25) is 0 Å². The first kappa shape index (κ1) is 14.4. The lowest BCUT2D eigenvalue weighted by Crippen LogP contribution is -2.34. The Balaban J connectivity index is 1.88. The fraction of sp³-hybridized carbons (Fsp3) is 0.462. The minimum Gasteiger partial charge on any atom is -0.444 e. The second-order valence-electron chi connectivity index (χ2n) is 4.38. The maximum Gasteiger partial charge on any atom is 0.410 e. The Bertz CT molecular complexity index is 446. The number of carbonyl (C=O) groups is 1. The number of hydrogen-bond acceptors (Lipinski definition) is 3. The van der Waals surface area contributed by atoms with E-state index in [1.54, 1.807) is 23.1 Å². The molecule has 19 heavy (non-hydrogen) atoms. The third-order valence-corrected chi connectivity index (χ3v) is 3.55. The van der Waals surface area contributed by atoms with Crippen molar-refractivity contribution in [2.24, 2.45) is 0 Å². The van der Waals surface area contributed by atoms with Gasteiger partial charge >= 0.3 is 6.09 Å². The first-order valence-electron chi connectivity index (χ1n) is 6.23. The molecule has 1 saturated heterocycles. The van der Waals surface area contributed by atoms with Crippen molar-refractivity contribution in [3.05, 3.63) is 33.8 Å². The number of amides is 1. The van der Waals surface area contributed by atoms with E-state index in [0.717, 1.165) is 31.6 Å². The monoisotopic (exact) mass is 302 g/mol. The molecule has 2 rings (SSSR count). The average molecular weight is 303 g/mol. The Hall–Kier alpha value is -0.970. The first-order chi connectivity index (χ1) is 9.16. The summed E-state index contributed by atoms with van der Waals surface area (Å²) in [6.07, 6.45) is 0.645. The van der Waals surface area contributed by atoms with E-state index in [-0.39, 0.29) is 12.7 Å². The SMILES string of the molecule is O=C(OCc1ccc(Cl)cc1Cl)N1CCCNCC1. The summed E-state index contributed by atoms with van der Waals surface area (Å²) >= 11 is 11.8. The molecule has 0 bridgehead atoms. The van der Waals surface area contributed by atoms with Gasteiger partial charge in [0.1, 0.15) is 6.61 Å². The van der Waals surface area contributed by atoms with Crippen LogP contribution in [0.5, 0.6) is 0 Å². The van der Waals surface area contributed by atoms with E-state index in [0.29, 0.717) is 16.6 Å². The summed E-state index contributed by atoms with van der Waals surface area (Å²) in [4.78, 5) is 13.6. The van der Waals surface area contributed by atoms with Crippen molar-refractivity contribution in [1.82, 2.24) is 10.2 Å². The minimum atomic E-state index is -0.297. The van der Waals surface area contributed by atoms with Gasteiger partial charge in [-0.15, -0.1) is 0 Å². The lowest BCUT2D eigenvalue weighted by atomic mass is 10.2. The van der Waals surface area contributed by atoms with Crippen LogP contribution in [0.2, 0.25) is 10.0 Å². The van der Waals surface area contributed by atoms with Crippen LogP contribution in [0.3, 0.4) is 0 Å². The summed E-state index contributed by atoms with van der Waals surface area (Å²) in [7, 11) is 0. The van der Waals surface area contributed by atoms with Crippen molar-refractivity contribution in [2.45, 2.75) is 13.0 Å². The van der Waals surface area contributed by atoms with Crippen molar-refractivity contribution in [2.75, 3.05) is 26.2 Å². The molecule has 0 spiro atoms. The predicted octanol–water partition coefficient (Wildman–Crippen LogP) is 2.93. The summed E-state index contributed by atoms with van der Waals surface area (Å²) in [6.45, 7) is 3.30. The second-order valence-corrected chi connectivity index (χ2v) is 5.22. The molecular weight excluding hydrogens is 287 g/mol. The number of carbonyl (C=O) groups excluding carboxylic acids is 1. The van der Waals surface area contributed by atoms with Crippen molar-refractivity contribution in [1.29, 1.82) is 0 Å². The molecule has 0 aromatic heterocycles. The van der Waals surface area contributed by atoms with Crippen LogP contribution in [0.4, 0.5) is 4.79 Å². The zero-order chi connectivity index (χ0) is 13.7. The van der Waals surface area contributed by atoms with Crippen LogP contribution in [-0.4, -0.2) is 37.2 Å².